The van der Waals surface area contributed by atoms with E-state index in [2.05, 4.69) is 33.6 Å². The fourth-order valence-corrected chi connectivity index (χ4v) is 8.18. The zero-order valence-corrected chi connectivity index (χ0v) is 24.5. The lowest BCUT2D eigenvalue weighted by atomic mass is 9.55. The van der Waals surface area contributed by atoms with E-state index in [0.717, 1.165) is 51.4 Å². The number of nitrogens with two attached hydrogens (primary N) is 1. The Balaban J connectivity index is 1.17. The molecule has 1 heterocycles. The Bertz CT molecular complexity index is 1270. The Morgan fingerprint density at radius 2 is 2.00 bits per heavy atom. The number of aliphatic hydroxyl groups is 1. The normalized spacial score (nSPS) is 30.0. The summed E-state index contributed by atoms with van der Waals surface area (Å²) in [5.74, 6) is 1.13. The van der Waals surface area contributed by atoms with Crippen LogP contribution in [0.25, 0.3) is 0 Å². The van der Waals surface area contributed by atoms with Crippen molar-refractivity contribution in [2.75, 3.05) is 12.3 Å². The molecule has 9 heteroatoms. The van der Waals surface area contributed by atoms with E-state index < -0.39 is 17.9 Å². The fourth-order valence-electron chi connectivity index (χ4n) is 8.18. The van der Waals surface area contributed by atoms with Crippen LogP contribution < -0.4 is 16.4 Å². The minimum Gasteiger partial charge on any atom is -0.508 e. The molecule has 5 rings (SSSR count). The lowest BCUT2D eigenvalue weighted by Crippen LogP contribution is -2.50. The van der Waals surface area contributed by atoms with Crippen molar-refractivity contribution in [3.8, 4) is 5.75 Å². The molecule has 8 atom stereocenters. The molecule has 222 valence electrons. The van der Waals surface area contributed by atoms with Crippen LogP contribution in [0.2, 0.25) is 0 Å². The molecule has 0 radical (unpaired) electrons. The highest BCUT2D eigenvalue weighted by atomic mass is 16.3. The van der Waals surface area contributed by atoms with Crippen molar-refractivity contribution in [2.24, 2.45) is 29.1 Å². The van der Waals surface area contributed by atoms with Gasteiger partial charge in [0.2, 0.25) is 5.91 Å². The van der Waals surface area contributed by atoms with Crippen molar-refractivity contribution >= 4 is 17.6 Å². The van der Waals surface area contributed by atoms with Crippen LogP contribution in [-0.2, 0) is 11.2 Å². The van der Waals surface area contributed by atoms with Crippen LogP contribution in [0, 0.1) is 29.1 Å². The molecule has 0 spiro atoms. The van der Waals surface area contributed by atoms with Crippen LogP contribution in [-0.4, -0.2) is 50.7 Å². The molecule has 0 saturated heterocycles. The van der Waals surface area contributed by atoms with Crippen LogP contribution in [0.15, 0.2) is 30.6 Å². The number of aliphatic hydroxyl groups excluding tert-OH is 1. The summed E-state index contributed by atoms with van der Waals surface area (Å²) in [5.41, 5.74) is 8.32. The van der Waals surface area contributed by atoms with E-state index in [0.29, 0.717) is 30.0 Å². The number of amides is 2. The number of carbonyl (C=O) groups is 2. The second-order valence-electron chi connectivity index (χ2n) is 12.9. The van der Waals surface area contributed by atoms with E-state index in [1.54, 1.807) is 0 Å². The largest absolute Gasteiger partial charge is 0.508 e. The number of nitrogen functional groups attached to an aromatic ring is 1. The Hall–Kier alpha value is -3.04. The quantitative estimate of drug-likeness (QED) is 0.288. The number of hydrogen-bond donors (Lipinski definition) is 5. The highest BCUT2D eigenvalue weighted by Crippen LogP contribution is 2.62. The van der Waals surface area contributed by atoms with Crippen molar-refractivity contribution in [3.05, 3.63) is 47.4 Å². The van der Waals surface area contributed by atoms with Gasteiger partial charge in [0.15, 0.2) is 11.5 Å². The average Bonchev–Trinajstić information content (AvgIpc) is 3.22. The van der Waals surface area contributed by atoms with Crippen molar-refractivity contribution in [1.29, 1.82) is 0 Å². The van der Waals surface area contributed by atoms with Gasteiger partial charge in [-0.05, 0) is 110 Å². The van der Waals surface area contributed by atoms with Gasteiger partial charge in [-0.2, -0.15) is 0 Å². The number of rotatable bonds is 9. The lowest BCUT2D eigenvalue weighted by molar-refractivity contribution is -0.123. The molecule has 0 aliphatic heterocycles. The second kappa shape index (κ2) is 12.1. The van der Waals surface area contributed by atoms with Gasteiger partial charge < -0.3 is 21.3 Å². The molecule has 41 heavy (non-hydrogen) atoms. The number of phenols is 1. The minimum atomic E-state index is -0.652. The van der Waals surface area contributed by atoms with E-state index in [-0.39, 0.29) is 34.9 Å². The van der Waals surface area contributed by atoms with Gasteiger partial charge in [0.25, 0.3) is 5.91 Å². The zero-order chi connectivity index (χ0) is 29.3. The topological polar surface area (TPSA) is 150 Å². The highest BCUT2D eigenvalue weighted by Gasteiger charge is 2.57. The van der Waals surface area contributed by atoms with Crippen molar-refractivity contribution in [1.82, 2.24) is 20.6 Å². The third-order valence-electron chi connectivity index (χ3n) is 10.6. The van der Waals surface area contributed by atoms with E-state index in [9.17, 15) is 19.8 Å². The predicted octanol–water partition coefficient (Wildman–Crippen LogP) is 3.95. The third kappa shape index (κ3) is 5.71. The summed E-state index contributed by atoms with van der Waals surface area (Å²) in [6.45, 7) is 6.93. The molecule has 2 fully saturated rings. The number of aromatic hydroxyl groups is 1. The molecule has 1 aromatic heterocycles. The summed E-state index contributed by atoms with van der Waals surface area (Å²) in [5, 5.41) is 27.3. The third-order valence-corrected chi connectivity index (χ3v) is 10.6. The van der Waals surface area contributed by atoms with E-state index >= 15 is 0 Å². The first-order valence-corrected chi connectivity index (χ1v) is 15.3. The number of nitrogens with one attached hydrogen (secondary N) is 2. The number of carbonyl (C=O) groups excluding carboxylic acids is 2. The van der Waals surface area contributed by atoms with E-state index in [4.69, 9.17) is 5.73 Å². The average molecular weight is 564 g/mol. The van der Waals surface area contributed by atoms with Crippen molar-refractivity contribution in [2.45, 2.75) is 90.2 Å². The fraction of sp³-hybridized carbons (Fsp3) is 0.625. The van der Waals surface area contributed by atoms with E-state index in [1.807, 2.05) is 26.0 Å². The first kappa shape index (κ1) is 29.5. The zero-order valence-electron chi connectivity index (χ0n) is 24.5. The number of imide groups is 1. The maximum Gasteiger partial charge on any atom is 0.280 e. The maximum absolute atomic E-state index is 13.1. The molecule has 2 saturated carbocycles. The predicted molar refractivity (Wildman–Crippen MR) is 157 cm³/mol. The molecule has 2 amide bonds. The molecular formula is C32H45N5O4. The molecule has 0 unspecified atom stereocenters. The van der Waals surface area contributed by atoms with Gasteiger partial charge in [-0.25, -0.2) is 9.97 Å². The number of hydrogen-bond acceptors (Lipinski definition) is 8. The molecule has 3 aliphatic carbocycles. The highest BCUT2D eigenvalue weighted by molar-refractivity contribution is 6.07. The Kier molecular flexibility index (Phi) is 8.66. The minimum absolute atomic E-state index is 0.0155. The number of aromatic nitrogens is 2. The van der Waals surface area contributed by atoms with E-state index in [1.165, 1.54) is 23.5 Å². The first-order valence-electron chi connectivity index (χ1n) is 15.3. The summed E-state index contributed by atoms with van der Waals surface area (Å²) in [7, 11) is 0. The monoisotopic (exact) mass is 563 g/mol. The Labute approximate surface area is 242 Å². The van der Waals surface area contributed by atoms with Crippen molar-refractivity contribution < 1.29 is 19.8 Å². The first-order chi connectivity index (χ1) is 19.6. The van der Waals surface area contributed by atoms with Crippen LogP contribution in [0.4, 0.5) is 5.82 Å². The molecule has 6 N–H and O–H groups in total. The van der Waals surface area contributed by atoms with Gasteiger partial charge in [0, 0.05) is 12.4 Å². The summed E-state index contributed by atoms with van der Waals surface area (Å²) >= 11 is 0. The molecular weight excluding hydrogens is 518 g/mol. The molecule has 9 nitrogen and oxygen atoms in total. The van der Waals surface area contributed by atoms with Crippen molar-refractivity contribution in [3.63, 3.8) is 0 Å². The summed E-state index contributed by atoms with van der Waals surface area (Å²) in [6.07, 6.45) is 10.2. The number of nitrogens with zero attached hydrogens (tertiary/aromatic N) is 2. The van der Waals surface area contributed by atoms with Crippen LogP contribution in [0.5, 0.6) is 5.75 Å². The van der Waals surface area contributed by atoms with Gasteiger partial charge in [-0.15, -0.1) is 0 Å². The standard InChI is InChI=1S/C32H45N5O4/c1-4-18(2)26(30(40)37-31(41)27-29(33)36-15-14-35-27)34-13-5-6-20-17-25-24-9-7-19-16-21(38)8-10-22(19)23(24)11-12-32(25,3)28(20)39/h8,10,14-16,18,20,23-26,28,34,38-39H,4-7,9,11-13,17H2,1-3H3,(H2,33,36)(H,37,40,41)/t18-,20-,23+,24+,25-,26-,28-,32-/m0/s1. The molecule has 1 aromatic carbocycles. The molecule has 0 bridgehead atoms. The maximum atomic E-state index is 13.1. The summed E-state index contributed by atoms with van der Waals surface area (Å²) in [4.78, 5) is 33.5. The van der Waals surface area contributed by atoms with Gasteiger partial charge >= 0.3 is 0 Å². The van der Waals surface area contributed by atoms with Gasteiger partial charge in [-0.1, -0.05) is 33.3 Å². The number of fused-ring (bicyclic) bond motifs is 5. The summed E-state index contributed by atoms with van der Waals surface area (Å²) in [6, 6.07) is 5.35. The van der Waals surface area contributed by atoms with Gasteiger partial charge in [0.05, 0.1) is 12.1 Å². The van der Waals surface area contributed by atoms with Crippen LogP contribution in [0.3, 0.4) is 0 Å². The van der Waals surface area contributed by atoms with Gasteiger partial charge in [-0.3, -0.25) is 14.9 Å². The number of benzene rings is 1. The lowest BCUT2D eigenvalue weighted by Gasteiger charge is -2.50. The number of aryl methyl sites for hydroxylation is 1. The summed E-state index contributed by atoms with van der Waals surface area (Å²) < 4.78 is 0. The molecule has 3 aliphatic rings. The van der Waals surface area contributed by atoms with Crippen LogP contribution >= 0.6 is 0 Å². The number of phenolic OH excluding ortho intramolecular Hbond substituents is 1. The second-order valence-corrected chi connectivity index (χ2v) is 12.9. The molecule has 2 aromatic rings. The Morgan fingerprint density at radius 3 is 2.76 bits per heavy atom. The van der Waals surface area contributed by atoms with Crippen LogP contribution in [0.1, 0.15) is 93.3 Å². The Morgan fingerprint density at radius 1 is 1.22 bits per heavy atom. The van der Waals surface area contributed by atoms with Gasteiger partial charge in [0.1, 0.15) is 5.75 Å². The number of anilines is 1. The smallest absolute Gasteiger partial charge is 0.280 e. The SMILES string of the molecule is CC[C@H](C)[C@H](NCCC[C@H]1C[C@H]2[C@@H]3CCc4cc(O)ccc4[C@H]3CC[C@]2(C)[C@H]1O)C(=O)NC(=O)c1nccnc1N.